The predicted octanol–water partition coefficient (Wildman–Crippen LogP) is 5.91. The van der Waals surface area contributed by atoms with Gasteiger partial charge in [0.15, 0.2) is 11.6 Å². The van der Waals surface area contributed by atoms with E-state index in [1.165, 1.54) is 6.07 Å². The van der Waals surface area contributed by atoms with Crippen molar-refractivity contribution in [1.82, 2.24) is 14.7 Å². The molecule has 0 unspecified atom stereocenters. The van der Waals surface area contributed by atoms with Gasteiger partial charge in [-0.15, -0.1) is 0 Å². The van der Waals surface area contributed by atoms with E-state index in [0.29, 0.717) is 29.8 Å². The van der Waals surface area contributed by atoms with Gasteiger partial charge in [-0.1, -0.05) is 48.5 Å². The molecular weight excluding hydrogens is 519 g/mol. The molecule has 204 valence electrons. The topological polar surface area (TPSA) is 88.2 Å². The highest BCUT2D eigenvalue weighted by Crippen LogP contribution is 2.32. The van der Waals surface area contributed by atoms with Crippen LogP contribution in [0.5, 0.6) is 5.75 Å². The Morgan fingerprint density at radius 1 is 1.00 bits per heavy atom. The number of nitrogens with zero attached hydrogens (tertiary/aromatic N) is 4. The number of amides is 2. The molecule has 1 aromatic heterocycles. The van der Waals surface area contributed by atoms with E-state index in [2.05, 4.69) is 0 Å². The molecule has 2 heterocycles. The number of aromatic nitrogens is 2. The zero-order valence-corrected chi connectivity index (χ0v) is 22.7. The van der Waals surface area contributed by atoms with Crippen LogP contribution in [0.4, 0.5) is 4.39 Å². The van der Waals surface area contributed by atoms with Crippen LogP contribution in [0.3, 0.4) is 0 Å². The van der Waals surface area contributed by atoms with Gasteiger partial charge in [-0.2, -0.15) is 10.4 Å². The first-order chi connectivity index (χ1) is 19.9. The van der Waals surface area contributed by atoms with E-state index in [1.807, 2.05) is 66.7 Å². The molecule has 0 fully saturated rings. The average molecular weight is 547 g/mol. The molecule has 0 atom stereocenters. The number of para-hydroxylation sites is 1. The van der Waals surface area contributed by atoms with Crippen molar-refractivity contribution in [3.8, 4) is 28.8 Å². The van der Waals surface area contributed by atoms with Crippen molar-refractivity contribution in [3.63, 3.8) is 0 Å². The van der Waals surface area contributed by atoms with Crippen molar-refractivity contribution in [2.24, 2.45) is 0 Å². The van der Waals surface area contributed by atoms with Crippen LogP contribution >= 0.6 is 0 Å². The number of carbonyl (C=O) groups is 2. The van der Waals surface area contributed by atoms with E-state index >= 15 is 0 Å². The molecule has 7 nitrogen and oxygen atoms in total. The van der Waals surface area contributed by atoms with Gasteiger partial charge in [0.25, 0.3) is 11.8 Å². The Morgan fingerprint density at radius 2 is 1.71 bits per heavy atom. The van der Waals surface area contributed by atoms with Crippen molar-refractivity contribution in [3.05, 3.63) is 119 Å². The lowest BCUT2D eigenvalue weighted by atomic mass is 9.93. The van der Waals surface area contributed by atoms with E-state index in [4.69, 9.17) is 9.84 Å². The molecule has 0 spiro atoms. The first kappa shape index (κ1) is 27.3. The molecule has 1 aliphatic heterocycles. The molecule has 8 heteroatoms. The van der Waals surface area contributed by atoms with Gasteiger partial charge in [-0.05, 0) is 67.8 Å². The molecular formula is C33H27FN4O3. The third kappa shape index (κ3) is 5.56. The molecule has 41 heavy (non-hydrogen) atoms. The summed E-state index contributed by atoms with van der Waals surface area (Å²) >= 11 is 0. The number of rotatable bonds is 8. The second-order valence-electron chi connectivity index (χ2n) is 9.46. The van der Waals surface area contributed by atoms with Gasteiger partial charge in [0, 0.05) is 29.4 Å². The van der Waals surface area contributed by atoms with Gasteiger partial charge < -0.3 is 4.74 Å². The van der Waals surface area contributed by atoms with E-state index in [9.17, 15) is 19.2 Å². The van der Waals surface area contributed by atoms with Crippen molar-refractivity contribution < 1.29 is 18.7 Å². The standard InChI is InChI=1S/C33H27FN4O3/c1-3-41-30-15-14-24(19-29(30)34)31-25(21-38(36-31)26-12-8-5-9-13-26)18-27-22(2)28(20-35)33(40)37(32(27)39)17-16-23-10-6-4-7-11-23/h4-15,18-19,21H,3,16-17H2,1-2H3/b27-18+. The number of hydrogen-bond donors (Lipinski definition) is 0. The molecule has 3 aromatic carbocycles. The highest BCUT2D eigenvalue weighted by molar-refractivity contribution is 6.19. The maximum absolute atomic E-state index is 14.9. The highest BCUT2D eigenvalue weighted by atomic mass is 19.1. The summed E-state index contributed by atoms with van der Waals surface area (Å²) in [5.74, 6) is -1.52. The second-order valence-corrected chi connectivity index (χ2v) is 9.46. The van der Waals surface area contributed by atoms with Crippen LogP contribution in [0.2, 0.25) is 0 Å². The molecule has 0 bridgehead atoms. The molecule has 4 aromatic rings. The van der Waals surface area contributed by atoms with Crippen LogP contribution in [-0.2, 0) is 16.0 Å². The molecule has 2 amide bonds. The summed E-state index contributed by atoms with van der Waals surface area (Å²) in [6, 6.07) is 25.5. The molecule has 0 radical (unpaired) electrons. The van der Waals surface area contributed by atoms with Crippen LogP contribution in [0.15, 0.2) is 102 Å². The van der Waals surface area contributed by atoms with Crippen molar-refractivity contribution in [2.75, 3.05) is 13.2 Å². The molecule has 0 saturated carbocycles. The van der Waals surface area contributed by atoms with Crippen molar-refractivity contribution >= 4 is 17.9 Å². The summed E-state index contributed by atoms with van der Waals surface area (Å²) in [7, 11) is 0. The van der Waals surface area contributed by atoms with Crippen molar-refractivity contribution in [1.29, 1.82) is 5.26 Å². The van der Waals surface area contributed by atoms with Crippen molar-refractivity contribution in [2.45, 2.75) is 20.3 Å². The van der Waals surface area contributed by atoms with E-state index in [-0.39, 0.29) is 29.0 Å². The zero-order valence-electron chi connectivity index (χ0n) is 22.7. The molecule has 5 rings (SSSR count). The van der Waals surface area contributed by atoms with Gasteiger partial charge in [0.1, 0.15) is 17.3 Å². The number of imide groups is 1. The van der Waals surface area contributed by atoms with Crippen LogP contribution in [0, 0.1) is 17.1 Å². The van der Waals surface area contributed by atoms with E-state index in [0.717, 1.165) is 16.2 Å². The van der Waals surface area contributed by atoms with E-state index in [1.54, 1.807) is 42.9 Å². The largest absolute Gasteiger partial charge is 0.491 e. The second kappa shape index (κ2) is 11.8. The number of ether oxygens (including phenoxy) is 1. The predicted molar refractivity (Wildman–Crippen MR) is 153 cm³/mol. The smallest absolute Gasteiger partial charge is 0.271 e. The SMILES string of the molecule is CCOc1ccc(-c2nn(-c3ccccc3)cc2/C=C2/C(=O)N(CCc3ccccc3)C(=O)C(C#N)=C2C)cc1F. The minimum atomic E-state index is -0.614. The Morgan fingerprint density at radius 3 is 2.37 bits per heavy atom. The Balaban J connectivity index is 1.61. The molecule has 0 saturated heterocycles. The quantitative estimate of drug-likeness (QED) is 0.202. The number of benzene rings is 3. The molecule has 0 aliphatic carbocycles. The third-order valence-corrected chi connectivity index (χ3v) is 6.86. The number of hydrogen-bond acceptors (Lipinski definition) is 5. The first-order valence-corrected chi connectivity index (χ1v) is 13.2. The van der Waals surface area contributed by atoms with Crippen LogP contribution in [0.25, 0.3) is 23.0 Å². The minimum Gasteiger partial charge on any atom is -0.491 e. The van der Waals surface area contributed by atoms with E-state index < -0.39 is 17.6 Å². The fourth-order valence-corrected chi connectivity index (χ4v) is 4.72. The summed E-state index contributed by atoms with van der Waals surface area (Å²) < 4.78 is 21.9. The number of halogens is 1. The van der Waals surface area contributed by atoms with Gasteiger partial charge >= 0.3 is 0 Å². The highest BCUT2D eigenvalue weighted by Gasteiger charge is 2.35. The summed E-state index contributed by atoms with van der Waals surface area (Å²) in [6.45, 7) is 3.81. The normalized spacial score (nSPS) is 14.5. The van der Waals surface area contributed by atoms with Gasteiger partial charge in [-0.25, -0.2) is 9.07 Å². The molecule has 0 N–H and O–H groups in total. The average Bonchev–Trinajstić information content (AvgIpc) is 3.41. The zero-order chi connectivity index (χ0) is 28.9. The number of nitriles is 1. The Bertz CT molecular complexity index is 1720. The van der Waals surface area contributed by atoms with Crippen LogP contribution in [-0.4, -0.2) is 39.6 Å². The first-order valence-electron chi connectivity index (χ1n) is 13.2. The van der Waals surface area contributed by atoms with Gasteiger partial charge in [0.2, 0.25) is 0 Å². The summed E-state index contributed by atoms with van der Waals surface area (Å²) in [6.07, 6.45) is 3.81. The maximum Gasteiger partial charge on any atom is 0.271 e. The van der Waals surface area contributed by atoms with Gasteiger partial charge in [-0.3, -0.25) is 14.5 Å². The lowest BCUT2D eigenvalue weighted by molar-refractivity contribution is -0.140. The summed E-state index contributed by atoms with van der Waals surface area (Å²) in [5, 5.41) is 14.6. The fourth-order valence-electron chi connectivity index (χ4n) is 4.72. The Hall–Kier alpha value is -5.29. The summed E-state index contributed by atoms with van der Waals surface area (Å²) in [4.78, 5) is 28.0. The monoisotopic (exact) mass is 546 g/mol. The van der Waals surface area contributed by atoms with Gasteiger partial charge in [0.05, 0.1) is 12.3 Å². The Labute approximate surface area is 237 Å². The maximum atomic E-state index is 14.9. The lowest BCUT2D eigenvalue weighted by Crippen LogP contribution is -2.43. The number of carbonyl (C=O) groups excluding carboxylic acids is 2. The Kier molecular flexibility index (Phi) is 7.88. The summed E-state index contributed by atoms with van der Waals surface area (Å²) in [5.41, 5.74) is 3.56. The minimum absolute atomic E-state index is 0.0898. The fraction of sp³-hybridized carbons (Fsp3) is 0.152. The lowest BCUT2D eigenvalue weighted by Gasteiger charge is -2.27. The third-order valence-electron chi connectivity index (χ3n) is 6.86. The van der Waals surface area contributed by atoms with Crippen LogP contribution in [0.1, 0.15) is 25.0 Å². The molecule has 1 aliphatic rings. The van der Waals surface area contributed by atoms with Crippen LogP contribution < -0.4 is 4.74 Å².